The Hall–Kier alpha value is -2.15. The molecule has 1 saturated heterocycles. The molecule has 8 heteroatoms. The molecule has 2 rings (SSSR count). The first kappa shape index (κ1) is 24.1. The zero-order chi connectivity index (χ0) is 22.7. The minimum Gasteiger partial charge on any atom is -0.496 e. The van der Waals surface area contributed by atoms with Crippen LogP contribution in [0.5, 0.6) is 5.75 Å². The maximum atomic E-state index is 12.9. The average molecular weight is 441 g/mol. The van der Waals surface area contributed by atoms with Crippen LogP contribution >= 0.6 is 11.6 Å². The Morgan fingerprint density at radius 3 is 2.17 bits per heavy atom. The first-order valence-electron chi connectivity index (χ1n) is 10.0. The van der Waals surface area contributed by atoms with Crippen LogP contribution in [0.3, 0.4) is 0 Å². The minimum absolute atomic E-state index is 0.289. The van der Waals surface area contributed by atoms with Crippen LogP contribution in [-0.4, -0.2) is 59.9 Å². The predicted octanol–water partition coefficient (Wildman–Crippen LogP) is 4.96. The standard InChI is InChI=1S/C22H33ClN2O5/c1-21(2,3)29-19(26)24-10-11-25(20(27)30-22(4,5)6)17(14-24)15-8-9-16(13-23)18(12-15)28-7/h8-9,12,17H,10-11,13-14H2,1-7H3. The topological polar surface area (TPSA) is 68.3 Å². The van der Waals surface area contributed by atoms with Crippen LogP contribution < -0.4 is 4.74 Å². The molecule has 0 aromatic heterocycles. The molecule has 0 N–H and O–H groups in total. The molecule has 7 nitrogen and oxygen atoms in total. The Balaban J connectivity index is 2.35. The fourth-order valence-electron chi connectivity index (χ4n) is 3.18. The number of nitrogens with zero attached hydrogens (tertiary/aromatic N) is 2. The number of carbonyl (C=O) groups is 2. The summed E-state index contributed by atoms with van der Waals surface area (Å²) in [6.45, 7) is 12.0. The van der Waals surface area contributed by atoms with Crippen LogP contribution in [0.1, 0.15) is 58.7 Å². The summed E-state index contributed by atoms with van der Waals surface area (Å²) in [6.07, 6.45) is -0.822. The zero-order valence-corrected chi connectivity index (χ0v) is 19.7. The summed E-state index contributed by atoms with van der Waals surface area (Å²) in [6, 6.07) is 5.24. The van der Waals surface area contributed by atoms with Gasteiger partial charge in [-0.1, -0.05) is 12.1 Å². The summed E-state index contributed by atoms with van der Waals surface area (Å²) in [7, 11) is 1.58. The van der Waals surface area contributed by atoms with E-state index in [1.54, 1.807) is 16.9 Å². The van der Waals surface area contributed by atoms with Gasteiger partial charge in [0.05, 0.1) is 19.0 Å². The highest BCUT2D eigenvalue weighted by molar-refractivity contribution is 6.17. The van der Waals surface area contributed by atoms with Gasteiger partial charge in [0.25, 0.3) is 0 Å². The molecular formula is C22H33ClN2O5. The van der Waals surface area contributed by atoms with Crippen molar-refractivity contribution < 1.29 is 23.8 Å². The molecule has 1 aromatic carbocycles. The number of carbonyl (C=O) groups excluding carboxylic acids is 2. The SMILES string of the molecule is COc1cc(C2CN(C(=O)OC(C)(C)C)CCN2C(=O)OC(C)(C)C)ccc1CCl. The summed E-state index contributed by atoms with van der Waals surface area (Å²) in [5.41, 5.74) is 0.468. The molecule has 0 bridgehead atoms. The highest BCUT2D eigenvalue weighted by Gasteiger charge is 2.37. The second kappa shape index (κ2) is 9.33. The van der Waals surface area contributed by atoms with Gasteiger partial charge in [-0.05, 0) is 53.2 Å². The molecule has 0 aliphatic carbocycles. The number of benzene rings is 1. The van der Waals surface area contributed by atoms with Crippen LogP contribution in [0.4, 0.5) is 9.59 Å². The predicted molar refractivity (Wildman–Crippen MR) is 116 cm³/mol. The number of methoxy groups -OCH3 is 1. The Morgan fingerprint density at radius 1 is 1.03 bits per heavy atom. The van der Waals surface area contributed by atoms with Crippen molar-refractivity contribution in [2.45, 2.75) is 64.7 Å². The highest BCUT2D eigenvalue weighted by Crippen LogP contribution is 2.32. The Labute approximate surface area is 184 Å². The van der Waals surface area contributed by atoms with Crippen molar-refractivity contribution in [1.29, 1.82) is 0 Å². The molecule has 1 atom stereocenters. The number of hydrogen-bond acceptors (Lipinski definition) is 5. The lowest BCUT2D eigenvalue weighted by Gasteiger charge is -2.42. The fraction of sp³-hybridized carbons (Fsp3) is 0.636. The third kappa shape index (κ3) is 6.42. The number of hydrogen-bond donors (Lipinski definition) is 0. The molecule has 1 aliphatic heterocycles. The number of amides is 2. The van der Waals surface area contributed by atoms with Gasteiger partial charge in [-0.15, -0.1) is 11.6 Å². The van der Waals surface area contributed by atoms with Gasteiger partial charge in [0.2, 0.25) is 0 Å². The van der Waals surface area contributed by atoms with Crippen LogP contribution in [0.25, 0.3) is 0 Å². The first-order valence-corrected chi connectivity index (χ1v) is 10.6. The number of ether oxygens (including phenoxy) is 3. The van der Waals surface area contributed by atoms with E-state index in [4.69, 9.17) is 25.8 Å². The largest absolute Gasteiger partial charge is 0.496 e. The Morgan fingerprint density at radius 2 is 1.63 bits per heavy atom. The molecule has 30 heavy (non-hydrogen) atoms. The van der Waals surface area contributed by atoms with Crippen molar-refractivity contribution in [2.24, 2.45) is 0 Å². The van der Waals surface area contributed by atoms with E-state index < -0.39 is 29.4 Å². The van der Waals surface area contributed by atoms with Gasteiger partial charge in [-0.2, -0.15) is 0 Å². The lowest BCUT2D eigenvalue weighted by molar-refractivity contribution is -0.0152. The highest BCUT2D eigenvalue weighted by atomic mass is 35.5. The molecule has 1 heterocycles. The monoisotopic (exact) mass is 440 g/mol. The molecule has 1 unspecified atom stereocenters. The van der Waals surface area contributed by atoms with Crippen molar-refractivity contribution >= 4 is 23.8 Å². The summed E-state index contributed by atoms with van der Waals surface area (Å²) in [5.74, 6) is 0.953. The van der Waals surface area contributed by atoms with E-state index in [0.29, 0.717) is 24.7 Å². The molecule has 1 aromatic rings. The molecule has 1 aliphatic rings. The third-order valence-electron chi connectivity index (χ3n) is 4.50. The molecular weight excluding hydrogens is 408 g/mol. The van der Waals surface area contributed by atoms with Gasteiger partial charge >= 0.3 is 12.2 Å². The summed E-state index contributed by atoms with van der Waals surface area (Å²) in [4.78, 5) is 28.8. The lowest BCUT2D eigenvalue weighted by Crippen LogP contribution is -2.54. The van der Waals surface area contributed by atoms with E-state index >= 15 is 0 Å². The third-order valence-corrected chi connectivity index (χ3v) is 4.79. The van der Waals surface area contributed by atoms with Gasteiger partial charge in [-0.3, -0.25) is 4.90 Å². The molecule has 168 valence electrons. The van der Waals surface area contributed by atoms with E-state index in [1.807, 2.05) is 59.7 Å². The smallest absolute Gasteiger partial charge is 0.410 e. The van der Waals surface area contributed by atoms with Gasteiger partial charge in [0, 0.05) is 25.2 Å². The second-order valence-electron chi connectivity index (χ2n) is 9.32. The van der Waals surface area contributed by atoms with Crippen LogP contribution in [0.15, 0.2) is 18.2 Å². The van der Waals surface area contributed by atoms with E-state index in [9.17, 15) is 9.59 Å². The quantitative estimate of drug-likeness (QED) is 0.621. The molecule has 0 saturated carbocycles. The van der Waals surface area contributed by atoms with E-state index in [-0.39, 0.29) is 6.54 Å². The van der Waals surface area contributed by atoms with Crippen LogP contribution in [0.2, 0.25) is 0 Å². The van der Waals surface area contributed by atoms with E-state index in [0.717, 1.165) is 11.1 Å². The van der Waals surface area contributed by atoms with Gasteiger partial charge in [0.1, 0.15) is 17.0 Å². The van der Waals surface area contributed by atoms with Crippen molar-refractivity contribution in [3.63, 3.8) is 0 Å². The normalized spacial score (nSPS) is 17.5. The molecule has 1 fully saturated rings. The summed E-state index contributed by atoms with van der Waals surface area (Å²) < 4.78 is 16.6. The van der Waals surface area contributed by atoms with E-state index in [1.165, 1.54) is 0 Å². The maximum Gasteiger partial charge on any atom is 0.410 e. The van der Waals surface area contributed by atoms with Crippen molar-refractivity contribution in [3.8, 4) is 5.75 Å². The molecule has 0 radical (unpaired) electrons. The molecule has 0 spiro atoms. The second-order valence-corrected chi connectivity index (χ2v) is 9.59. The summed E-state index contributed by atoms with van der Waals surface area (Å²) in [5, 5.41) is 0. The minimum atomic E-state index is -0.621. The van der Waals surface area contributed by atoms with Crippen molar-refractivity contribution in [3.05, 3.63) is 29.3 Å². The van der Waals surface area contributed by atoms with Gasteiger partial charge in [0.15, 0.2) is 0 Å². The Bertz CT molecular complexity index is 770. The van der Waals surface area contributed by atoms with Crippen molar-refractivity contribution in [2.75, 3.05) is 26.7 Å². The van der Waals surface area contributed by atoms with Crippen LogP contribution in [0, 0.1) is 0 Å². The fourth-order valence-corrected chi connectivity index (χ4v) is 3.40. The van der Waals surface area contributed by atoms with Gasteiger partial charge < -0.3 is 19.1 Å². The lowest BCUT2D eigenvalue weighted by atomic mass is 10.0. The summed E-state index contributed by atoms with van der Waals surface area (Å²) >= 11 is 5.99. The average Bonchev–Trinajstić information content (AvgIpc) is 2.64. The maximum absolute atomic E-state index is 12.9. The molecule has 2 amide bonds. The number of rotatable bonds is 3. The Kier molecular flexibility index (Phi) is 7.50. The van der Waals surface area contributed by atoms with Crippen LogP contribution in [-0.2, 0) is 15.4 Å². The van der Waals surface area contributed by atoms with E-state index in [2.05, 4.69) is 0 Å². The van der Waals surface area contributed by atoms with Gasteiger partial charge in [-0.25, -0.2) is 9.59 Å². The first-order chi connectivity index (χ1) is 13.8. The number of piperazine rings is 1. The number of halogens is 1. The zero-order valence-electron chi connectivity index (χ0n) is 19.0. The number of alkyl halides is 1. The van der Waals surface area contributed by atoms with Crippen molar-refractivity contribution in [1.82, 2.24) is 9.80 Å².